The van der Waals surface area contributed by atoms with Gasteiger partial charge in [0, 0.05) is 24.2 Å². The molecule has 1 atom stereocenters. The summed E-state index contributed by atoms with van der Waals surface area (Å²) in [7, 11) is 0. The quantitative estimate of drug-likeness (QED) is 0.502. The van der Waals surface area contributed by atoms with Crippen molar-refractivity contribution < 1.29 is 41.0 Å². The van der Waals surface area contributed by atoms with E-state index in [4.69, 9.17) is 0 Å². The van der Waals surface area contributed by atoms with Crippen LogP contribution in [-0.2, 0) is 19.3 Å². The van der Waals surface area contributed by atoms with Crippen molar-refractivity contribution >= 4 is 23.0 Å². The van der Waals surface area contributed by atoms with E-state index in [1.165, 1.54) is 16.7 Å². The highest BCUT2D eigenvalue weighted by Crippen LogP contribution is 2.36. The van der Waals surface area contributed by atoms with Gasteiger partial charge in [0.15, 0.2) is 6.04 Å². The van der Waals surface area contributed by atoms with Crippen molar-refractivity contribution in [3.05, 3.63) is 64.5 Å². The first-order chi connectivity index (χ1) is 16.2. The number of nitrogens with one attached hydrogen (secondary N) is 2. The van der Waals surface area contributed by atoms with Gasteiger partial charge in [-0.2, -0.15) is 26.3 Å². The summed E-state index contributed by atoms with van der Waals surface area (Å²) >= 11 is 0. The van der Waals surface area contributed by atoms with Gasteiger partial charge in [0.1, 0.15) is 17.4 Å². The molecule has 0 radical (unpaired) electrons. The third-order valence-electron chi connectivity index (χ3n) is 5.29. The van der Waals surface area contributed by atoms with Crippen molar-refractivity contribution in [3.63, 3.8) is 0 Å². The molecule has 0 saturated heterocycles. The van der Waals surface area contributed by atoms with Crippen LogP contribution in [0.15, 0.2) is 36.4 Å². The van der Waals surface area contributed by atoms with Crippen LogP contribution in [-0.4, -0.2) is 27.7 Å². The van der Waals surface area contributed by atoms with Gasteiger partial charge in [-0.25, -0.2) is 4.98 Å². The molecule has 1 unspecified atom stereocenters. The number of pyridine rings is 1. The van der Waals surface area contributed by atoms with Gasteiger partial charge in [0.25, 0.3) is 5.91 Å². The minimum absolute atomic E-state index is 0.137. The number of carbonyl (C=O) groups excluding carboxylic acids is 2. The third-order valence-corrected chi connectivity index (χ3v) is 5.29. The Bertz CT molecular complexity index is 1270. The van der Waals surface area contributed by atoms with E-state index in [1.54, 1.807) is 19.2 Å². The van der Waals surface area contributed by atoms with E-state index >= 15 is 0 Å². The summed E-state index contributed by atoms with van der Waals surface area (Å²) < 4.78 is 81.7. The topological polar surface area (TPSA) is 99.1 Å². The number of halogens is 6. The predicted molar refractivity (Wildman–Crippen MR) is 110 cm³/mol. The second-order valence-electron chi connectivity index (χ2n) is 7.63. The van der Waals surface area contributed by atoms with E-state index in [2.05, 4.69) is 10.3 Å². The fourth-order valence-electron chi connectivity index (χ4n) is 3.62. The lowest BCUT2D eigenvalue weighted by Crippen LogP contribution is -2.39. The number of alkyl halides is 6. The van der Waals surface area contributed by atoms with Crippen LogP contribution in [0, 0.1) is 6.92 Å². The lowest BCUT2D eigenvalue weighted by atomic mass is 10.0. The normalized spacial score (nSPS) is 13.0. The zero-order chi connectivity index (χ0) is 26.1. The van der Waals surface area contributed by atoms with Crippen molar-refractivity contribution in [2.75, 3.05) is 0 Å². The summed E-state index contributed by atoms with van der Waals surface area (Å²) in [5.74, 6) is -1.17. The fourth-order valence-corrected chi connectivity index (χ4v) is 3.62. The predicted octanol–water partition coefficient (Wildman–Crippen LogP) is 3.85. The molecule has 2 heterocycles. The van der Waals surface area contributed by atoms with E-state index < -0.39 is 41.5 Å². The number of amides is 2. The number of nitrogens with zero attached hydrogens (tertiary/aromatic N) is 2. The number of hydrogen-bond donors (Lipinski definition) is 2. The highest BCUT2D eigenvalue weighted by molar-refractivity contribution is 5.98. The van der Waals surface area contributed by atoms with Crippen LogP contribution in [0.25, 0.3) is 11.0 Å². The maximum atomic E-state index is 13.8. The summed E-state index contributed by atoms with van der Waals surface area (Å²) in [5.41, 5.74) is -1.10. The molecule has 3 rings (SSSR count). The molecule has 1 aromatic carbocycles. The second-order valence-corrected chi connectivity index (χ2v) is 7.63. The molecular formula is C22H19F6N4O3-. The molecule has 0 spiro atoms. The monoisotopic (exact) mass is 501 g/mol. The molecular weight excluding hydrogens is 482 g/mol. The average molecular weight is 501 g/mol. The van der Waals surface area contributed by atoms with Gasteiger partial charge in [0.05, 0.1) is 5.56 Å². The molecule has 3 aromatic rings. The smallest absolute Gasteiger partial charge is 0.416 e. The second kappa shape index (κ2) is 9.47. The Morgan fingerprint density at radius 2 is 1.80 bits per heavy atom. The highest BCUT2D eigenvalue weighted by Gasteiger charge is 2.43. The van der Waals surface area contributed by atoms with Crippen LogP contribution >= 0.6 is 0 Å². The first-order valence-corrected chi connectivity index (χ1v) is 10.2. The minimum Gasteiger partial charge on any atom is -0.530 e. The molecule has 0 aliphatic heterocycles. The maximum Gasteiger partial charge on any atom is 0.416 e. The van der Waals surface area contributed by atoms with Crippen molar-refractivity contribution in [1.29, 1.82) is 0 Å². The van der Waals surface area contributed by atoms with E-state index in [1.807, 2.05) is 0 Å². The number of aromatic nitrogens is 2. The van der Waals surface area contributed by atoms with Crippen LogP contribution in [0.3, 0.4) is 0 Å². The first-order valence-electron chi connectivity index (χ1n) is 10.2. The largest absolute Gasteiger partial charge is 0.530 e. The molecule has 188 valence electrons. The lowest BCUT2D eigenvalue weighted by Gasteiger charge is -2.23. The van der Waals surface area contributed by atoms with Crippen molar-refractivity contribution in [2.24, 2.45) is 0 Å². The summed E-state index contributed by atoms with van der Waals surface area (Å²) in [4.78, 5) is 27.9. The zero-order valence-electron chi connectivity index (χ0n) is 18.3. The van der Waals surface area contributed by atoms with Gasteiger partial charge in [-0.05, 0) is 49.2 Å². The number of carboxylic acid groups (broad SMARTS) is 1. The number of carbonyl (C=O) groups is 2. The molecule has 0 aliphatic carbocycles. The molecule has 2 amide bonds. The highest BCUT2D eigenvalue weighted by atomic mass is 19.4. The standard InChI is InChI=1S/C22H20F6N4O3/c1-3-32-16(9-13-7-14(10-29-20(34)35)11(2)30-18(13)32)19(33)31-17(22(26,27)28)12-5-4-6-15(8-12)21(23,24)25/h4-9,17,29H,3,10H2,1-2H3,(H,31,33)(H,34,35)/p-1. The Kier molecular flexibility index (Phi) is 6.99. The Balaban J connectivity index is 2.01. The molecule has 2 aromatic heterocycles. The summed E-state index contributed by atoms with van der Waals surface area (Å²) in [6.45, 7) is 3.23. The van der Waals surface area contributed by atoms with Crippen molar-refractivity contribution in [3.8, 4) is 0 Å². The van der Waals surface area contributed by atoms with Gasteiger partial charge in [-0.3, -0.25) is 4.79 Å². The molecule has 2 N–H and O–H groups in total. The summed E-state index contributed by atoms with van der Waals surface area (Å²) in [6.07, 6.45) is -11.5. The van der Waals surface area contributed by atoms with Crippen LogP contribution in [0.2, 0.25) is 0 Å². The number of fused-ring (bicyclic) bond motifs is 1. The van der Waals surface area contributed by atoms with Crippen LogP contribution < -0.4 is 15.7 Å². The number of benzene rings is 1. The molecule has 7 nitrogen and oxygen atoms in total. The first kappa shape index (κ1) is 25.8. The Hall–Kier alpha value is -3.77. The van der Waals surface area contributed by atoms with Gasteiger partial charge >= 0.3 is 12.4 Å². The molecule has 0 aliphatic rings. The molecule has 0 bridgehead atoms. The average Bonchev–Trinajstić information content (AvgIpc) is 3.11. The maximum absolute atomic E-state index is 13.8. The van der Waals surface area contributed by atoms with Gasteiger partial charge in [0.2, 0.25) is 0 Å². The van der Waals surface area contributed by atoms with Gasteiger partial charge < -0.3 is 25.1 Å². The SMILES string of the molecule is CCn1c(C(=O)NC(c2cccc(C(F)(F)F)c2)C(F)(F)F)cc2cc(CNC(=O)[O-])c(C)nc21. The lowest BCUT2D eigenvalue weighted by molar-refractivity contribution is -0.251. The van der Waals surface area contributed by atoms with Crippen molar-refractivity contribution in [2.45, 2.75) is 45.3 Å². The zero-order valence-corrected chi connectivity index (χ0v) is 18.3. The number of hydrogen-bond acceptors (Lipinski definition) is 4. The van der Waals surface area contributed by atoms with Crippen molar-refractivity contribution in [1.82, 2.24) is 20.2 Å². The van der Waals surface area contributed by atoms with E-state index in [0.717, 1.165) is 12.1 Å². The van der Waals surface area contributed by atoms with Gasteiger partial charge in [-0.15, -0.1) is 0 Å². The van der Waals surface area contributed by atoms with Crippen LogP contribution in [0.5, 0.6) is 0 Å². The Morgan fingerprint density at radius 3 is 2.37 bits per heavy atom. The summed E-state index contributed by atoms with van der Waals surface area (Å²) in [5, 5.41) is 14.9. The van der Waals surface area contributed by atoms with E-state index in [0.29, 0.717) is 28.8 Å². The molecule has 0 fully saturated rings. The third kappa shape index (κ3) is 5.66. The van der Waals surface area contributed by atoms with E-state index in [-0.39, 0.29) is 24.4 Å². The Morgan fingerprint density at radius 1 is 1.11 bits per heavy atom. The molecule has 35 heavy (non-hydrogen) atoms. The van der Waals surface area contributed by atoms with Crippen LogP contribution in [0.1, 0.15) is 45.8 Å². The molecule has 13 heteroatoms. The summed E-state index contributed by atoms with van der Waals surface area (Å²) in [6, 6.07) is 2.78. The number of rotatable bonds is 6. The van der Waals surface area contributed by atoms with Crippen LogP contribution in [0.4, 0.5) is 31.1 Å². The Labute approximate surface area is 194 Å². The minimum atomic E-state index is -5.08. The fraction of sp³-hybridized carbons (Fsp3) is 0.318. The molecule has 0 saturated carbocycles. The number of aryl methyl sites for hydroxylation is 2. The van der Waals surface area contributed by atoms with E-state index in [9.17, 15) is 41.0 Å². The van der Waals surface area contributed by atoms with Gasteiger partial charge in [-0.1, -0.05) is 12.1 Å².